The van der Waals surface area contributed by atoms with Gasteiger partial charge in [0, 0.05) is 31.2 Å². The predicted octanol–water partition coefficient (Wildman–Crippen LogP) is 2.09. The van der Waals surface area contributed by atoms with Crippen LogP contribution in [-0.4, -0.2) is 29.1 Å². The van der Waals surface area contributed by atoms with E-state index >= 15 is 0 Å². The molecule has 3 nitrogen and oxygen atoms in total. The minimum atomic E-state index is -0.291. The van der Waals surface area contributed by atoms with Crippen molar-refractivity contribution in [3.8, 4) is 5.75 Å². The monoisotopic (exact) mass is 264 g/mol. The van der Waals surface area contributed by atoms with Crippen molar-refractivity contribution in [3.05, 3.63) is 29.6 Å². The molecule has 104 valence electrons. The van der Waals surface area contributed by atoms with Crippen molar-refractivity contribution >= 4 is 0 Å². The largest absolute Gasteiger partial charge is 0.508 e. The fourth-order valence-electron chi connectivity index (χ4n) is 3.66. The Labute approximate surface area is 113 Å². The van der Waals surface area contributed by atoms with E-state index in [0.29, 0.717) is 30.0 Å². The van der Waals surface area contributed by atoms with Crippen molar-refractivity contribution in [2.45, 2.75) is 31.8 Å². The molecule has 0 spiro atoms. The summed E-state index contributed by atoms with van der Waals surface area (Å²) >= 11 is 0. The summed E-state index contributed by atoms with van der Waals surface area (Å²) in [6.45, 7) is 2.61. The average molecular weight is 264 g/mol. The number of hydrogen-bond donors (Lipinski definition) is 2. The number of rotatable bonds is 2. The van der Waals surface area contributed by atoms with E-state index in [1.165, 1.54) is 31.0 Å². The number of nitrogens with two attached hydrogens (primary N) is 1. The number of likely N-dealkylation sites (tertiary alicyclic amines) is 1. The molecule has 3 unspecified atom stereocenters. The van der Waals surface area contributed by atoms with Gasteiger partial charge in [-0.3, -0.25) is 4.90 Å². The van der Waals surface area contributed by atoms with Gasteiger partial charge in [0.2, 0.25) is 0 Å². The van der Waals surface area contributed by atoms with Crippen molar-refractivity contribution in [2.75, 3.05) is 13.1 Å². The van der Waals surface area contributed by atoms with Crippen LogP contribution in [0.3, 0.4) is 0 Å². The molecule has 1 aromatic rings. The summed E-state index contributed by atoms with van der Waals surface area (Å²) in [6.07, 6.45) is 3.60. The maximum atomic E-state index is 13.2. The Bertz CT molecular complexity index is 465. The van der Waals surface area contributed by atoms with Crippen LogP contribution in [-0.2, 0) is 6.54 Å². The first-order valence-electron chi connectivity index (χ1n) is 7.09. The summed E-state index contributed by atoms with van der Waals surface area (Å²) in [5.74, 6) is 1.14. The molecule has 0 radical (unpaired) electrons. The summed E-state index contributed by atoms with van der Waals surface area (Å²) in [6, 6.07) is 4.46. The van der Waals surface area contributed by atoms with Crippen molar-refractivity contribution < 1.29 is 9.50 Å². The smallest absolute Gasteiger partial charge is 0.123 e. The Morgan fingerprint density at radius 3 is 2.95 bits per heavy atom. The number of aromatic hydroxyl groups is 1. The molecule has 0 aromatic heterocycles. The Kier molecular flexibility index (Phi) is 3.46. The van der Waals surface area contributed by atoms with E-state index in [0.717, 1.165) is 19.5 Å². The van der Waals surface area contributed by atoms with Crippen LogP contribution in [0.5, 0.6) is 5.75 Å². The first-order chi connectivity index (χ1) is 9.13. The second-order valence-electron chi connectivity index (χ2n) is 5.99. The van der Waals surface area contributed by atoms with Crippen molar-refractivity contribution in [3.63, 3.8) is 0 Å². The number of phenolic OH excluding ortho intramolecular Hbond substituents is 1. The summed E-state index contributed by atoms with van der Waals surface area (Å²) in [7, 11) is 0. The summed E-state index contributed by atoms with van der Waals surface area (Å²) in [4.78, 5) is 2.30. The highest BCUT2D eigenvalue weighted by Gasteiger charge is 2.38. The van der Waals surface area contributed by atoms with E-state index in [1.54, 1.807) is 0 Å². The van der Waals surface area contributed by atoms with Crippen LogP contribution in [0.1, 0.15) is 24.8 Å². The van der Waals surface area contributed by atoms with Gasteiger partial charge in [0.1, 0.15) is 11.6 Å². The van der Waals surface area contributed by atoms with Crippen LogP contribution in [0.25, 0.3) is 0 Å². The summed E-state index contributed by atoms with van der Waals surface area (Å²) in [5, 5.41) is 9.79. The fraction of sp³-hybridized carbons (Fsp3) is 0.600. The molecule has 1 aliphatic heterocycles. The van der Waals surface area contributed by atoms with Gasteiger partial charge in [-0.15, -0.1) is 0 Å². The highest BCUT2D eigenvalue weighted by Crippen LogP contribution is 2.36. The topological polar surface area (TPSA) is 49.5 Å². The fourth-order valence-corrected chi connectivity index (χ4v) is 3.66. The molecule has 4 heteroatoms. The number of nitrogens with zero attached hydrogens (tertiary/aromatic N) is 1. The third-order valence-corrected chi connectivity index (χ3v) is 4.67. The van der Waals surface area contributed by atoms with Gasteiger partial charge in [-0.05, 0) is 42.9 Å². The quantitative estimate of drug-likeness (QED) is 0.860. The third kappa shape index (κ3) is 2.60. The van der Waals surface area contributed by atoms with E-state index in [9.17, 15) is 9.50 Å². The Hall–Kier alpha value is -1.13. The second-order valence-corrected chi connectivity index (χ2v) is 5.99. The molecular weight excluding hydrogens is 243 g/mol. The lowest BCUT2D eigenvalue weighted by Gasteiger charge is -2.29. The molecule has 1 aromatic carbocycles. The normalized spacial score (nSPS) is 31.4. The first-order valence-corrected chi connectivity index (χ1v) is 7.09. The molecule has 2 aliphatic rings. The molecule has 1 heterocycles. The molecule has 3 N–H and O–H groups in total. The van der Waals surface area contributed by atoms with E-state index in [1.807, 2.05) is 0 Å². The van der Waals surface area contributed by atoms with Crippen LogP contribution in [0, 0.1) is 17.7 Å². The minimum Gasteiger partial charge on any atom is -0.508 e. The highest BCUT2D eigenvalue weighted by atomic mass is 19.1. The molecule has 19 heavy (non-hydrogen) atoms. The van der Waals surface area contributed by atoms with Crippen LogP contribution in [0.15, 0.2) is 18.2 Å². The molecule has 3 rings (SSSR count). The van der Waals surface area contributed by atoms with E-state index in [4.69, 9.17) is 5.73 Å². The van der Waals surface area contributed by atoms with Gasteiger partial charge in [-0.1, -0.05) is 6.42 Å². The molecule has 1 saturated heterocycles. The minimum absolute atomic E-state index is 0.181. The molecule has 0 bridgehead atoms. The maximum Gasteiger partial charge on any atom is 0.123 e. The lowest BCUT2D eigenvalue weighted by Crippen LogP contribution is -2.38. The molecular formula is C15H21FN2O. The van der Waals surface area contributed by atoms with E-state index < -0.39 is 0 Å². The lowest BCUT2D eigenvalue weighted by molar-refractivity contribution is 0.259. The van der Waals surface area contributed by atoms with Crippen molar-refractivity contribution in [2.24, 2.45) is 17.6 Å². The Morgan fingerprint density at radius 1 is 1.32 bits per heavy atom. The molecule has 2 fully saturated rings. The Morgan fingerprint density at radius 2 is 2.16 bits per heavy atom. The van der Waals surface area contributed by atoms with Crippen LogP contribution < -0.4 is 5.73 Å². The summed E-state index contributed by atoms with van der Waals surface area (Å²) < 4.78 is 13.2. The van der Waals surface area contributed by atoms with Gasteiger partial charge in [0.25, 0.3) is 0 Å². The van der Waals surface area contributed by atoms with E-state index in [2.05, 4.69) is 4.90 Å². The molecule has 1 saturated carbocycles. The number of phenols is 1. The van der Waals surface area contributed by atoms with Gasteiger partial charge in [-0.25, -0.2) is 4.39 Å². The molecule has 0 amide bonds. The summed E-state index contributed by atoms with van der Waals surface area (Å²) in [5.41, 5.74) is 6.87. The lowest BCUT2D eigenvalue weighted by atomic mass is 9.78. The number of halogens is 1. The number of benzene rings is 1. The standard InChI is InChI=1S/C15H21FN2O/c16-12-4-5-15(19)11(6-12)8-18-7-10-2-1-3-14(17)13(10)9-18/h4-6,10,13-14,19H,1-3,7-9,17H2. The van der Waals surface area contributed by atoms with Crippen molar-refractivity contribution in [1.82, 2.24) is 4.90 Å². The zero-order valence-corrected chi connectivity index (χ0v) is 11.1. The first kappa shape index (κ1) is 12.9. The maximum absolute atomic E-state index is 13.2. The van der Waals surface area contributed by atoms with Gasteiger partial charge in [-0.2, -0.15) is 0 Å². The third-order valence-electron chi connectivity index (χ3n) is 4.67. The van der Waals surface area contributed by atoms with Crippen LogP contribution in [0.4, 0.5) is 4.39 Å². The van der Waals surface area contributed by atoms with Gasteiger partial charge < -0.3 is 10.8 Å². The van der Waals surface area contributed by atoms with Gasteiger partial charge in [0.05, 0.1) is 0 Å². The SMILES string of the molecule is NC1CCCC2CN(Cc3cc(F)ccc3O)CC12. The zero-order chi connectivity index (χ0) is 13.4. The zero-order valence-electron chi connectivity index (χ0n) is 11.1. The van der Waals surface area contributed by atoms with Crippen LogP contribution >= 0.6 is 0 Å². The predicted molar refractivity (Wildman–Crippen MR) is 72.1 cm³/mol. The van der Waals surface area contributed by atoms with E-state index in [-0.39, 0.29) is 11.6 Å². The second kappa shape index (κ2) is 5.10. The van der Waals surface area contributed by atoms with Gasteiger partial charge >= 0.3 is 0 Å². The molecule has 3 atom stereocenters. The Balaban J connectivity index is 1.70. The highest BCUT2D eigenvalue weighted by molar-refractivity contribution is 5.32. The molecule has 1 aliphatic carbocycles. The van der Waals surface area contributed by atoms with Crippen molar-refractivity contribution in [1.29, 1.82) is 0 Å². The average Bonchev–Trinajstić information content (AvgIpc) is 2.78. The number of hydrogen-bond acceptors (Lipinski definition) is 3. The number of fused-ring (bicyclic) bond motifs is 1. The van der Waals surface area contributed by atoms with Gasteiger partial charge in [0.15, 0.2) is 0 Å². The van der Waals surface area contributed by atoms with Crippen LogP contribution in [0.2, 0.25) is 0 Å².